The Morgan fingerprint density at radius 1 is 1.09 bits per heavy atom. The molecule has 114 valence electrons. The largest absolute Gasteiger partial charge is 0.502 e. The fraction of sp³-hybridized carbons (Fsp3) is 0.176. The van der Waals surface area contributed by atoms with Crippen molar-refractivity contribution >= 4 is 11.8 Å². The third kappa shape index (κ3) is 3.44. The molecular weight excluding hydrogens is 280 g/mol. The second-order valence-corrected chi connectivity index (χ2v) is 4.54. The molecule has 0 saturated heterocycles. The predicted molar refractivity (Wildman–Crippen MR) is 85.2 cm³/mol. The fourth-order valence-corrected chi connectivity index (χ4v) is 1.98. The van der Waals surface area contributed by atoms with Crippen molar-refractivity contribution in [3.63, 3.8) is 0 Å². The van der Waals surface area contributed by atoms with E-state index in [0.29, 0.717) is 5.82 Å². The van der Waals surface area contributed by atoms with Crippen molar-refractivity contribution in [2.75, 3.05) is 26.2 Å². The molecule has 0 bridgehead atoms. The molecule has 0 N–H and O–H groups in total. The quantitative estimate of drug-likeness (QED) is 0.482. The number of hydrogen-bond acceptors (Lipinski definition) is 5. The number of nitrogens with zero attached hydrogens (tertiary/aromatic N) is 2. The zero-order chi connectivity index (χ0) is 15.9. The van der Waals surface area contributed by atoms with Crippen LogP contribution in [0.15, 0.2) is 60.5 Å². The molecule has 5 nitrogen and oxygen atoms in total. The maximum atomic E-state index is 11.8. The number of carbonyl (C=O) groups is 1. The lowest BCUT2D eigenvalue weighted by Crippen LogP contribution is -2.25. The van der Waals surface area contributed by atoms with Crippen LogP contribution in [-0.4, -0.2) is 32.2 Å². The van der Waals surface area contributed by atoms with Gasteiger partial charge in [-0.15, -0.1) is 0 Å². The lowest BCUT2D eigenvalue weighted by molar-refractivity contribution is -0.136. The monoisotopic (exact) mass is 298 g/mol. The molecule has 0 amide bonds. The fourth-order valence-electron chi connectivity index (χ4n) is 1.98. The highest BCUT2D eigenvalue weighted by atomic mass is 16.5. The lowest BCUT2D eigenvalue weighted by Gasteiger charge is -2.20. The van der Waals surface area contributed by atoms with Crippen molar-refractivity contribution in [2.24, 2.45) is 0 Å². The zero-order valence-corrected chi connectivity index (χ0v) is 12.8. The highest BCUT2D eigenvalue weighted by Crippen LogP contribution is 2.22. The van der Waals surface area contributed by atoms with Gasteiger partial charge in [0.15, 0.2) is 5.70 Å². The summed E-state index contributed by atoms with van der Waals surface area (Å²) in [6.45, 7) is 0. The van der Waals surface area contributed by atoms with Crippen LogP contribution in [0.25, 0.3) is 11.3 Å². The molecule has 2 aromatic rings. The number of aromatic nitrogens is 1. The number of rotatable bonds is 5. The molecular formula is C17H18N2O3. The van der Waals surface area contributed by atoms with Crippen LogP contribution in [-0.2, 0) is 14.3 Å². The predicted octanol–water partition coefficient (Wildman–Crippen LogP) is 2.85. The summed E-state index contributed by atoms with van der Waals surface area (Å²) in [6, 6.07) is 15.5. The Hall–Kier alpha value is -2.82. The standard InChI is InChI=1S/C17H18N2O3/c1-19(15(12-21-2)17(20)22-3)16-11-7-10-14(18-16)13-8-5-4-6-9-13/h4-12H,1-3H3/b15-12-. The van der Waals surface area contributed by atoms with Gasteiger partial charge in [0.2, 0.25) is 0 Å². The molecule has 1 aromatic carbocycles. The number of likely N-dealkylation sites (N-methyl/N-ethyl adjacent to an activating group) is 1. The molecule has 0 fully saturated rings. The summed E-state index contributed by atoms with van der Waals surface area (Å²) in [5.74, 6) is 0.131. The first-order chi connectivity index (χ1) is 10.7. The second kappa shape index (κ2) is 7.26. The van der Waals surface area contributed by atoms with E-state index in [0.717, 1.165) is 11.3 Å². The molecule has 0 aliphatic carbocycles. The van der Waals surface area contributed by atoms with E-state index >= 15 is 0 Å². The summed E-state index contributed by atoms with van der Waals surface area (Å²) in [5.41, 5.74) is 2.10. The van der Waals surface area contributed by atoms with Crippen molar-refractivity contribution in [1.82, 2.24) is 4.98 Å². The van der Waals surface area contributed by atoms with E-state index in [2.05, 4.69) is 4.98 Å². The molecule has 0 atom stereocenters. The molecule has 22 heavy (non-hydrogen) atoms. The molecule has 1 aromatic heterocycles. The SMILES string of the molecule is CO/C=C(/C(=O)OC)N(C)c1cccc(-c2ccccc2)n1. The number of esters is 1. The van der Waals surface area contributed by atoms with Gasteiger partial charge in [-0.05, 0) is 12.1 Å². The van der Waals surface area contributed by atoms with Crippen LogP contribution in [0, 0.1) is 0 Å². The van der Waals surface area contributed by atoms with Crippen LogP contribution in [0.2, 0.25) is 0 Å². The van der Waals surface area contributed by atoms with Crippen molar-refractivity contribution in [1.29, 1.82) is 0 Å². The smallest absolute Gasteiger partial charge is 0.357 e. The molecule has 1 heterocycles. The Morgan fingerprint density at radius 3 is 2.45 bits per heavy atom. The zero-order valence-electron chi connectivity index (χ0n) is 12.8. The van der Waals surface area contributed by atoms with Gasteiger partial charge in [0.05, 0.1) is 19.9 Å². The number of hydrogen-bond donors (Lipinski definition) is 0. The van der Waals surface area contributed by atoms with Gasteiger partial charge in [0.1, 0.15) is 12.1 Å². The van der Waals surface area contributed by atoms with Crippen molar-refractivity contribution in [3.8, 4) is 11.3 Å². The van der Waals surface area contributed by atoms with E-state index in [1.807, 2.05) is 48.5 Å². The van der Waals surface area contributed by atoms with E-state index in [-0.39, 0.29) is 5.70 Å². The highest BCUT2D eigenvalue weighted by Gasteiger charge is 2.18. The van der Waals surface area contributed by atoms with Gasteiger partial charge in [0.25, 0.3) is 0 Å². The van der Waals surface area contributed by atoms with Crippen LogP contribution in [0.4, 0.5) is 5.82 Å². The summed E-state index contributed by atoms with van der Waals surface area (Å²) in [6.07, 6.45) is 1.34. The molecule has 0 radical (unpaired) electrons. The van der Waals surface area contributed by atoms with Crippen molar-refractivity contribution in [2.45, 2.75) is 0 Å². The van der Waals surface area contributed by atoms with E-state index in [4.69, 9.17) is 9.47 Å². The minimum absolute atomic E-state index is 0.266. The minimum Gasteiger partial charge on any atom is -0.502 e. The first kappa shape index (κ1) is 15.6. The first-order valence-electron chi connectivity index (χ1n) is 6.75. The van der Waals surface area contributed by atoms with Gasteiger partial charge in [-0.25, -0.2) is 9.78 Å². The van der Waals surface area contributed by atoms with Gasteiger partial charge in [-0.1, -0.05) is 36.4 Å². The maximum absolute atomic E-state index is 11.8. The van der Waals surface area contributed by atoms with E-state index in [9.17, 15) is 4.79 Å². The molecule has 0 saturated carbocycles. The second-order valence-electron chi connectivity index (χ2n) is 4.54. The van der Waals surface area contributed by atoms with Gasteiger partial charge in [-0.2, -0.15) is 0 Å². The Labute approximate surface area is 129 Å². The summed E-state index contributed by atoms with van der Waals surface area (Å²) in [7, 11) is 4.54. The molecule has 2 rings (SSSR count). The topological polar surface area (TPSA) is 51.7 Å². The number of anilines is 1. The van der Waals surface area contributed by atoms with Crippen LogP contribution in [0.5, 0.6) is 0 Å². The first-order valence-corrected chi connectivity index (χ1v) is 6.75. The summed E-state index contributed by atoms with van der Waals surface area (Å²) >= 11 is 0. The van der Waals surface area contributed by atoms with Gasteiger partial charge >= 0.3 is 5.97 Å². The number of benzene rings is 1. The summed E-state index contributed by atoms with van der Waals surface area (Å²) in [5, 5.41) is 0. The third-order valence-electron chi connectivity index (χ3n) is 3.13. The molecule has 0 spiro atoms. The van der Waals surface area contributed by atoms with E-state index in [1.165, 1.54) is 20.5 Å². The molecule has 0 aliphatic rings. The van der Waals surface area contributed by atoms with Gasteiger partial charge < -0.3 is 14.4 Å². The van der Waals surface area contributed by atoms with Crippen LogP contribution in [0.1, 0.15) is 0 Å². The average Bonchev–Trinajstić information content (AvgIpc) is 2.59. The third-order valence-corrected chi connectivity index (χ3v) is 3.13. The number of methoxy groups -OCH3 is 2. The van der Waals surface area contributed by atoms with Gasteiger partial charge in [-0.3, -0.25) is 0 Å². The normalized spacial score (nSPS) is 11.0. The van der Waals surface area contributed by atoms with E-state index < -0.39 is 5.97 Å². The van der Waals surface area contributed by atoms with Crippen LogP contribution < -0.4 is 4.90 Å². The Bertz CT molecular complexity index is 669. The highest BCUT2D eigenvalue weighted by molar-refractivity contribution is 5.92. The summed E-state index contributed by atoms with van der Waals surface area (Å²) in [4.78, 5) is 18.0. The lowest BCUT2D eigenvalue weighted by atomic mass is 10.1. The Morgan fingerprint density at radius 2 is 1.82 bits per heavy atom. The molecule has 0 unspecified atom stereocenters. The summed E-state index contributed by atoms with van der Waals surface area (Å²) < 4.78 is 9.72. The van der Waals surface area contributed by atoms with Crippen LogP contribution in [0.3, 0.4) is 0 Å². The average molecular weight is 298 g/mol. The minimum atomic E-state index is -0.490. The number of ether oxygens (including phenoxy) is 2. The molecule has 5 heteroatoms. The van der Waals surface area contributed by atoms with Crippen molar-refractivity contribution < 1.29 is 14.3 Å². The number of carbonyl (C=O) groups excluding carboxylic acids is 1. The van der Waals surface area contributed by atoms with Crippen molar-refractivity contribution in [3.05, 3.63) is 60.5 Å². The molecule has 0 aliphatic heterocycles. The Kier molecular flexibility index (Phi) is 5.14. The van der Waals surface area contributed by atoms with E-state index in [1.54, 1.807) is 11.9 Å². The van der Waals surface area contributed by atoms with Gasteiger partial charge in [0, 0.05) is 12.6 Å². The Balaban J connectivity index is 2.36. The maximum Gasteiger partial charge on any atom is 0.357 e. The number of pyridine rings is 1. The van der Waals surface area contributed by atoms with Crippen LogP contribution >= 0.6 is 0 Å².